The second-order valence-corrected chi connectivity index (χ2v) is 8.27. The summed E-state index contributed by atoms with van der Waals surface area (Å²) in [5.41, 5.74) is 0. The van der Waals surface area contributed by atoms with Crippen molar-refractivity contribution < 1.29 is 115 Å². The maximum absolute atomic E-state index is 14.3. The topological polar surface area (TPSA) is 18.5 Å². The second-order valence-electron chi connectivity index (χ2n) is 8.27. The van der Waals surface area contributed by atoms with Gasteiger partial charge in [-0.2, -0.15) is 87.8 Å². The minimum atomic E-state index is -7.20. The van der Waals surface area contributed by atoms with E-state index >= 15 is 0 Å². The molecule has 1 aliphatic heterocycles. The van der Waals surface area contributed by atoms with Crippen LogP contribution in [0.1, 0.15) is 0 Å². The normalized spacial score (nSPS) is 27.4. The van der Waals surface area contributed by atoms with Crippen molar-refractivity contribution in [2.24, 2.45) is 0 Å². The minimum Gasteiger partial charge on any atom is -0.356 e. The van der Waals surface area contributed by atoms with Crippen LogP contribution in [-0.2, 0) is 9.47 Å². The molecule has 0 amide bonds. The SMILES string of the molecule is FC(C(F)(F)F)C(F)(F)C1OC(C(F)(F)C(F)C(F)(F)F)C(C(F)(F)C(F)C(F)(F)F)OC1C(F)(F)C(F)C(F)(F)F. The second kappa shape index (κ2) is 11.0. The largest absolute Gasteiger partial charge is 0.425 e. The van der Waals surface area contributed by atoms with Crippen LogP contribution in [0.15, 0.2) is 0 Å². The van der Waals surface area contributed by atoms with E-state index in [4.69, 9.17) is 0 Å². The Hall–Kier alpha value is -1.76. The fourth-order valence-electron chi connectivity index (χ4n) is 3.22. The Morgan fingerprint density at radius 3 is 0.500 bits per heavy atom. The highest BCUT2D eigenvalue weighted by molar-refractivity contribution is 5.11. The van der Waals surface area contributed by atoms with Crippen LogP contribution >= 0.6 is 0 Å². The van der Waals surface area contributed by atoms with E-state index in [1.807, 2.05) is 0 Å². The molecule has 0 aromatic heterocycles. The molecule has 1 fully saturated rings. The van der Waals surface area contributed by atoms with Crippen molar-refractivity contribution in [1.29, 1.82) is 0 Å². The molecule has 0 aromatic carbocycles. The molecule has 1 aliphatic rings. The van der Waals surface area contributed by atoms with Gasteiger partial charge < -0.3 is 9.47 Å². The number of hydrogen-bond donors (Lipinski definition) is 0. The molecule has 0 aliphatic carbocycles. The Bertz CT molecular complexity index is 769. The van der Waals surface area contributed by atoms with Gasteiger partial charge in [-0.3, -0.25) is 0 Å². The number of ether oxygens (including phenoxy) is 2. The predicted molar refractivity (Wildman–Crippen MR) is 80.9 cm³/mol. The van der Waals surface area contributed by atoms with Crippen molar-refractivity contribution in [3.8, 4) is 0 Å². The van der Waals surface area contributed by atoms with Crippen molar-refractivity contribution in [2.75, 3.05) is 0 Å². The van der Waals surface area contributed by atoms with Crippen LogP contribution in [0.3, 0.4) is 0 Å². The van der Waals surface area contributed by atoms with Gasteiger partial charge in [-0.1, -0.05) is 0 Å². The summed E-state index contributed by atoms with van der Waals surface area (Å²) in [5.74, 6) is -28.8. The van der Waals surface area contributed by atoms with Crippen LogP contribution in [0, 0.1) is 0 Å². The smallest absolute Gasteiger partial charge is 0.356 e. The molecule has 8 unspecified atom stereocenters. The molecular formula is C16H8F24O2. The lowest BCUT2D eigenvalue weighted by Gasteiger charge is -2.50. The van der Waals surface area contributed by atoms with Gasteiger partial charge in [0.25, 0.3) is 24.7 Å². The average molecular weight is 688 g/mol. The summed E-state index contributed by atoms with van der Waals surface area (Å²) >= 11 is 0. The van der Waals surface area contributed by atoms with Crippen LogP contribution < -0.4 is 0 Å². The maximum atomic E-state index is 14.3. The van der Waals surface area contributed by atoms with Crippen LogP contribution in [0.4, 0.5) is 105 Å². The summed E-state index contributed by atoms with van der Waals surface area (Å²) in [6.07, 6.45) is -75.8. The van der Waals surface area contributed by atoms with Crippen molar-refractivity contribution in [1.82, 2.24) is 0 Å². The highest BCUT2D eigenvalue weighted by Crippen LogP contribution is 2.54. The first-order valence-corrected chi connectivity index (χ1v) is 9.73. The van der Waals surface area contributed by atoms with Crippen LogP contribution in [0.2, 0.25) is 0 Å². The molecule has 26 heteroatoms. The number of rotatable bonds is 8. The van der Waals surface area contributed by atoms with Gasteiger partial charge in [-0.25, -0.2) is 17.6 Å². The molecule has 0 N–H and O–H groups in total. The Kier molecular flexibility index (Phi) is 10.0. The van der Waals surface area contributed by atoms with Gasteiger partial charge in [-0.05, 0) is 0 Å². The Balaban J connectivity index is 4.13. The highest BCUT2D eigenvalue weighted by atomic mass is 19.4. The molecule has 2 nitrogen and oxygen atoms in total. The molecule has 1 saturated heterocycles. The van der Waals surface area contributed by atoms with Crippen LogP contribution in [0.25, 0.3) is 0 Å². The summed E-state index contributed by atoms with van der Waals surface area (Å²) in [6.45, 7) is 0. The van der Waals surface area contributed by atoms with Gasteiger partial charge in [-0.15, -0.1) is 0 Å². The van der Waals surface area contributed by atoms with E-state index in [2.05, 4.69) is 9.47 Å². The average Bonchev–Trinajstić information content (AvgIpc) is 2.78. The van der Waals surface area contributed by atoms with Gasteiger partial charge >= 0.3 is 48.4 Å². The quantitative estimate of drug-likeness (QED) is 0.244. The highest BCUT2D eigenvalue weighted by Gasteiger charge is 2.78. The summed E-state index contributed by atoms with van der Waals surface area (Å²) < 4.78 is 324. The maximum Gasteiger partial charge on any atom is 0.425 e. The molecule has 0 bridgehead atoms. The van der Waals surface area contributed by atoms with Crippen molar-refractivity contribution >= 4 is 0 Å². The first-order chi connectivity index (χ1) is 18.1. The van der Waals surface area contributed by atoms with E-state index in [1.54, 1.807) is 0 Å². The summed E-state index contributed by atoms with van der Waals surface area (Å²) in [5, 5.41) is 0. The number of alkyl halides is 24. The Morgan fingerprint density at radius 1 is 0.286 bits per heavy atom. The van der Waals surface area contributed by atoms with E-state index in [0.717, 1.165) is 0 Å². The zero-order valence-corrected chi connectivity index (χ0v) is 18.5. The van der Waals surface area contributed by atoms with Gasteiger partial charge in [0, 0.05) is 0 Å². The van der Waals surface area contributed by atoms with Gasteiger partial charge in [0.2, 0.25) is 0 Å². The molecule has 1 rings (SSSR count). The Labute approximate surface area is 213 Å². The molecular weight excluding hydrogens is 680 g/mol. The summed E-state index contributed by atoms with van der Waals surface area (Å²) in [4.78, 5) is 0. The number of halogens is 24. The third kappa shape index (κ3) is 7.13. The van der Waals surface area contributed by atoms with E-state index in [1.165, 1.54) is 0 Å². The summed E-state index contributed by atoms with van der Waals surface area (Å²) in [7, 11) is 0. The van der Waals surface area contributed by atoms with Gasteiger partial charge in [0.05, 0.1) is 0 Å². The fraction of sp³-hybridized carbons (Fsp3) is 1.00. The van der Waals surface area contributed by atoms with Gasteiger partial charge in [0.1, 0.15) is 0 Å². The molecule has 0 saturated carbocycles. The van der Waals surface area contributed by atoms with Crippen LogP contribution in [0.5, 0.6) is 0 Å². The lowest BCUT2D eigenvalue weighted by molar-refractivity contribution is -0.415. The first kappa shape index (κ1) is 38.3. The molecule has 1 heterocycles. The zero-order chi connectivity index (χ0) is 34.0. The minimum absolute atomic E-state index is 2.84. The molecule has 42 heavy (non-hydrogen) atoms. The lowest BCUT2D eigenvalue weighted by atomic mass is 9.88. The molecule has 0 spiro atoms. The van der Waals surface area contributed by atoms with Crippen molar-refractivity contribution in [3.63, 3.8) is 0 Å². The predicted octanol–water partition coefficient (Wildman–Crippen LogP) is 7.65. The van der Waals surface area contributed by atoms with Crippen LogP contribution in [-0.4, -0.2) is 97.5 Å². The monoisotopic (exact) mass is 688 g/mol. The first-order valence-electron chi connectivity index (χ1n) is 9.73. The molecule has 8 atom stereocenters. The van der Waals surface area contributed by atoms with E-state index < -0.39 is 97.5 Å². The number of hydrogen-bond acceptors (Lipinski definition) is 2. The fourth-order valence-corrected chi connectivity index (χ4v) is 3.22. The standard InChI is InChI=1S/C16H8F24O2/c17-5(13(29,30)31)9(21,22)1-2(10(23,24)6(18)14(32,33)34)42-4(12(27,28)8(20)16(38,39)40)3(41-1)11(25,26)7(19)15(35,36)37/h1-8H. The third-order valence-electron chi connectivity index (χ3n) is 5.15. The van der Waals surface area contributed by atoms with E-state index in [-0.39, 0.29) is 0 Å². The van der Waals surface area contributed by atoms with Crippen molar-refractivity contribution in [2.45, 2.75) is 97.5 Å². The van der Waals surface area contributed by atoms with Gasteiger partial charge in [0.15, 0.2) is 24.4 Å². The van der Waals surface area contributed by atoms with Crippen molar-refractivity contribution in [3.05, 3.63) is 0 Å². The molecule has 0 aromatic rings. The Morgan fingerprint density at radius 2 is 0.405 bits per heavy atom. The van der Waals surface area contributed by atoms with E-state index in [9.17, 15) is 105 Å². The third-order valence-corrected chi connectivity index (χ3v) is 5.15. The molecule has 0 radical (unpaired) electrons. The lowest BCUT2D eigenvalue weighted by Crippen LogP contribution is -2.74. The van der Waals surface area contributed by atoms with E-state index in [0.29, 0.717) is 0 Å². The zero-order valence-electron chi connectivity index (χ0n) is 18.5. The summed E-state index contributed by atoms with van der Waals surface area (Å²) in [6, 6.07) is 0. The molecule has 252 valence electrons.